The highest BCUT2D eigenvalue weighted by molar-refractivity contribution is 5.06. The largest absolute Gasteiger partial charge is 0.361 e. The second kappa shape index (κ2) is 5.33. The van der Waals surface area contributed by atoms with Crippen LogP contribution in [0.5, 0.6) is 0 Å². The molecule has 0 aliphatic carbocycles. The van der Waals surface area contributed by atoms with E-state index in [4.69, 9.17) is 4.74 Å². The van der Waals surface area contributed by atoms with Gasteiger partial charge in [0.15, 0.2) is 0 Å². The van der Waals surface area contributed by atoms with E-state index >= 15 is 0 Å². The van der Waals surface area contributed by atoms with E-state index in [1.54, 1.807) is 0 Å². The van der Waals surface area contributed by atoms with Crippen molar-refractivity contribution in [2.24, 2.45) is 0 Å². The SMILES string of the molecule is CCOCn1cccc1CNC(C)(C)C. The molecule has 0 atom stereocenters. The van der Waals surface area contributed by atoms with Crippen LogP contribution in [0.15, 0.2) is 18.3 Å². The molecule has 0 aromatic carbocycles. The van der Waals surface area contributed by atoms with Crippen LogP contribution in [0.25, 0.3) is 0 Å². The van der Waals surface area contributed by atoms with Crippen LogP contribution in [0.3, 0.4) is 0 Å². The molecular weight excluding hydrogens is 188 g/mol. The lowest BCUT2D eigenvalue weighted by Crippen LogP contribution is -2.35. The molecule has 1 N–H and O–H groups in total. The third-order valence-electron chi connectivity index (χ3n) is 2.16. The average molecular weight is 210 g/mol. The van der Waals surface area contributed by atoms with Crippen molar-refractivity contribution < 1.29 is 4.74 Å². The van der Waals surface area contributed by atoms with Crippen LogP contribution in [0.4, 0.5) is 0 Å². The van der Waals surface area contributed by atoms with Gasteiger partial charge in [-0.05, 0) is 39.8 Å². The van der Waals surface area contributed by atoms with E-state index in [0.717, 1.165) is 13.2 Å². The molecule has 0 fully saturated rings. The number of nitrogens with one attached hydrogen (secondary N) is 1. The molecular formula is C12H22N2O. The minimum atomic E-state index is 0.153. The number of aromatic nitrogens is 1. The molecule has 0 spiro atoms. The number of hydrogen-bond acceptors (Lipinski definition) is 2. The molecule has 0 bridgehead atoms. The van der Waals surface area contributed by atoms with Crippen LogP contribution in [0, 0.1) is 0 Å². The first-order valence-corrected chi connectivity index (χ1v) is 5.49. The van der Waals surface area contributed by atoms with E-state index in [-0.39, 0.29) is 5.54 Å². The predicted molar refractivity (Wildman–Crippen MR) is 62.7 cm³/mol. The fourth-order valence-corrected chi connectivity index (χ4v) is 1.28. The van der Waals surface area contributed by atoms with Crippen molar-refractivity contribution in [3.63, 3.8) is 0 Å². The first kappa shape index (κ1) is 12.3. The van der Waals surface area contributed by atoms with Gasteiger partial charge < -0.3 is 14.6 Å². The molecule has 0 unspecified atom stereocenters. The van der Waals surface area contributed by atoms with Crippen molar-refractivity contribution >= 4 is 0 Å². The molecule has 3 heteroatoms. The Balaban J connectivity index is 2.50. The minimum absolute atomic E-state index is 0.153. The number of nitrogens with zero attached hydrogens (tertiary/aromatic N) is 1. The van der Waals surface area contributed by atoms with Gasteiger partial charge in [0.1, 0.15) is 6.73 Å². The summed E-state index contributed by atoms with van der Waals surface area (Å²) in [5.74, 6) is 0. The van der Waals surface area contributed by atoms with Crippen molar-refractivity contribution in [2.75, 3.05) is 6.61 Å². The molecule has 1 aromatic rings. The maximum absolute atomic E-state index is 5.39. The third kappa shape index (κ3) is 4.49. The normalized spacial score (nSPS) is 12.0. The van der Waals surface area contributed by atoms with Gasteiger partial charge in [0.2, 0.25) is 0 Å². The molecule has 3 nitrogen and oxygen atoms in total. The predicted octanol–water partition coefficient (Wildman–Crippen LogP) is 2.37. The standard InChI is InChI=1S/C12H22N2O/c1-5-15-10-14-8-6-7-11(14)9-13-12(2,3)4/h6-8,13H,5,9-10H2,1-4H3. The van der Waals surface area contributed by atoms with Crippen molar-refractivity contribution in [3.8, 4) is 0 Å². The van der Waals surface area contributed by atoms with Gasteiger partial charge in [-0.25, -0.2) is 0 Å². The topological polar surface area (TPSA) is 26.2 Å². The van der Waals surface area contributed by atoms with Gasteiger partial charge in [0, 0.05) is 30.6 Å². The molecule has 0 saturated heterocycles. The smallest absolute Gasteiger partial charge is 0.122 e. The number of ether oxygens (including phenoxy) is 1. The third-order valence-corrected chi connectivity index (χ3v) is 2.16. The summed E-state index contributed by atoms with van der Waals surface area (Å²) in [5, 5.41) is 3.46. The lowest BCUT2D eigenvalue weighted by molar-refractivity contribution is 0.0858. The lowest BCUT2D eigenvalue weighted by atomic mass is 10.1. The van der Waals surface area contributed by atoms with Gasteiger partial charge in [-0.2, -0.15) is 0 Å². The molecule has 0 amide bonds. The zero-order valence-electron chi connectivity index (χ0n) is 10.2. The Morgan fingerprint density at radius 1 is 1.40 bits per heavy atom. The van der Waals surface area contributed by atoms with Crippen molar-refractivity contribution in [3.05, 3.63) is 24.0 Å². The average Bonchev–Trinajstić information content (AvgIpc) is 2.57. The zero-order valence-corrected chi connectivity index (χ0v) is 10.2. The second-order valence-electron chi connectivity index (χ2n) is 4.69. The molecule has 0 aliphatic rings. The molecule has 0 saturated carbocycles. The molecule has 0 radical (unpaired) electrons. The molecule has 86 valence electrons. The van der Waals surface area contributed by atoms with Crippen molar-refractivity contribution in [1.82, 2.24) is 9.88 Å². The maximum Gasteiger partial charge on any atom is 0.122 e. The highest BCUT2D eigenvalue weighted by Crippen LogP contribution is 2.06. The van der Waals surface area contributed by atoms with Crippen molar-refractivity contribution in [1.29, 1.82) is 0 Å². The summed E-state index contributed by atoms with van der Waals surface area (Å²) in [4.78, 5) is 0. The molecule has 0 aliphatic heterocycles. The number of hydrogen-bond donors (Lipinski definition) is 1. The van der Waals surface area contributed by atoms with Gasteiger partial charge in [-0.1, -0.05) is 0 Å². The van der Waals surface area contributed by atoms with Gasteiger partial charge in [-0.15, -0.1) is 0 Å². The Bertz CT molecular complexity index is 286. The highest BCUT2D eigenvalue weighted by atomic mass is 16.5. The maximum atomic E-state index is 5.39. The van der Waals surface area contributed by atoms with Crippen LogP contribution >= 0.6 is 0 Å². The van der Waals surface area contributed by atoms with Crippen LogP contribution < -0.4 is 5.32 Å². The van der Waals surface area contributed by atoms with E-state index in [2.05, 4.69) is 49.0 Å². The monoisotopic (exact) mass is 210 g/mol. The summed E-state index contributed by atoms with van der Waals surface area (Å²) < 4.78 is 7.51. The Kier molecular flexibility index (Phi) is 4.36. The lowest BCUT2D eigenvalue weighted by Gasteiger charge is -2.21. The summed E-state index contributed by atoms with van der Waals surface area (Å²) in [5.41, 5.74) is 1.42. The Hall–Kier alpha value is -0.800. The number of rotatable bonds is 5. The summed E-state index contributed by atoms with van der Waals surface area (Å²) in [6, 6.07) is 4.18. The van der Waals surface area contributed by atoms with Crippen LogP contribution in [-0.2, 0) is 18.0 Å². The van der Waals surface area contributed by atoms with E-state index in [1.165, 1.54) is 5.69 Å². The summed E-state index contributed by atoms with van der Waals surface area (Å²) >= 11 is 0. The van der Waals surface area contributed by atoms with Gasteiger partial charge >= 0.3 is 0 Å². The molecule has 15 heavy (non-hydrogen) atoms. The van der Waals surface area contributed by atoms with E-state index in [0.29, 0.717) is 6.73 Å². The Morgan fingerprint density at radius 2 is 2.13 bits per heavy atom. The highest BCUT2D eigenvalue weighted by Gasteiger charge is 2.09. The van der Waals surface area contributed by atoms with Crippen LogP contribution in [-0.4, -0.2) is 16.7 Å². The molecule has 1 aromatic heterocycles. The zero-order chi connectivity index (χ0) is 11.3. The van der Waals surface area contributed by atoms with E-state index < -0.39 is 0 Å². The summed E-state index contributed by atoms with van der Waals surface area (Å²) in [6.45, 7) is 10.8. The first-order chi connectivity index (χ1) is 7.03. The minimum Gasteiger partial charge on any atom is -0.361 e. The van der Waals surface area contributed by atoms with Gasteiger partial charge in [0.05, 0.1) is 0 Å². The van der Waals surface area contributed by atoms with Crippen LogP contribution in [0.2, 0.25) is 0 Å². The Morgan fingerprint density at radius 3 is 2.73 bits per heavy atom. The van der Waals surface area contributed by atoms with E-state index in [1.807, 2.05) is 6.92 Å². The molecule has 1 rings (SSSR count). The molecule has 1 heterocycles. The fraction of sp³-hybridized carbons (Fsp3) is 0.667. The Labute approximate surface area is 92.4 Å². The first-order valence-electron chi connectivity index (χ1n) is 5.49. The fourth-order valence-electron chi connectivity index (χ4n) is 1.28. The summed E-state index contributed by atoms with van der Waals surface area (Å²) in [6.07, 6.45) is 2.05. The summed E-state index contributed by atoms with van der Waals surface area (Å²) in [7, 11) is 0. The quantitative estimate of drug-likeness (QED) is 0.807. The van der Waals surface area contributed by atoms with Crippen LogP contribution in [0.1, 0.15) is 33.4 Å². The van der Waals surface area contributed by atoms with Gasteiger partial charge in [-0.3, -0.25) is 0 Å². The van der Waals surface area contributed by atoms with E-state index in [9.17, 15) is 0 Å². The van der Waals surface area contributed by atoms with Gasteiger partial charge in [0.25, 0.3) is 0 Å². The second-order valence-corrected chi connectivity index (χ2v) is 4.69. The van der Waals surface area contributed by atoms with Crippen molar-refractivity contribution in [2.45, 2.75) is 46.5 Å².